The molecule has 0 aliphatic rings. The molecule has 118 valence electrons. The van der Waals surface area contributed by atoms with Gasteiger partial charge in [-0.1, -0.05) is 29.5 Å². The minimum Gasteiger partial charge on any atom is -0.383 e. The van der Waals surface area contributed by atoms with Gasteiger partial charge in [-0.2, -0.15) is 4.99 Å². The Bertz CT molecular complexity index is 914. The van der Waals surface area contributed by atoms with E-state index in [-0.39, 0.29) is 5.91 Å². The lowest BCUT2D eigenvalue weighted by atomic mass is 10.2. The molecule has 6 heteroatoms. The van der Waals surface area contributed by atoms with Crippen LogP contribution >= 0.6 is 33.9 Å². The minimum atomic E-state index is -0.221. The number of ether oxygens (including phenoxy) is 1. The van der Waals surface area contributed by atoms with Crippen LogP contribution in [0.2, 0.25) is 0 Å². The first-order chi connectivity index (χ1) is 11.2. The Labute approximate surface area is 151 Å². The Hall–Kier alpha value is -1.51. The molecule has 1 heterocycles. The van der Waals surface area contributed by atoms with Crippen molar-refractivity contribution in [1.82, 2.24) is 4.57 Å². The summed E-state index contributed by atoms with van der Waals surface area (Å²) in [6.45, 7) is 1.24. The zero-order valence-electron chi connectivity index (χ0n) is 12.5. The number of nitrogens with zero attached hydrogens (tertiary/aromatic N) is 2. The maximum atomic E-state index is 12.5. The lowest BCUT2D eigenvalue weighted by Crippen LogP contribution is -2.19. The van der Waals surface area contributed by atoms with Crippen LogP contribution in [0, 0.1) is 3.57 Å². The Morgan fingerprint density at radius 3 is 2.87 bits per heavy atom. The van der Waals surface area contributed by atoms with Gasteiger partial charge in [-0.15, -0.1) is 0 Å². The molecule has 4 nitrogen and oxygen atoms in total. The summed E-state index contributed by atoms with van der Waals surface area (Å²) in [5.74, 6) is -0.221. The molecule has 0 spiro atoms. The van der Waals surface area contributed by atoms with Crippen LogP contribution in [0.25, 0.3) is 10.2 Å². The van der Waals surface area contributed by atoms with E-state index in [9.17, 15) is 4.79 Å². The van der Waals surface area contributed by atoms with E-state index in [1.807, 2.05) is 47.0 Å². The number of carbonyl (C=O) groups excluding carboxylic acids is 1. The van der Waals surface area contributed by atoms with E-state index in [1.54, 1.807) is 13.2 Å². The van der Waals surface area contributed by atoms with Gasteiger partial charge in [-0.25, -0.2) is 0 Å². The van der Waals surface area contributed by atoms with Crippen LogP contribution in [0.5, 0.6) is 0 Å². The van der Waals surface area contributed by atoms with Crippen molar-refractivity contribution >= 4 is 50.1 Å². The smallest absolute Gasteiger partial charge is 0.279 e. The van der Waals surface area contributed by atoms with Crippen molar-refractivity contribution in [2.75, 3.05) is 13.7 Å². The molecule has 23 heavy (non-hydrogen) atoms. The number of carbonyl (C=O) groups is 1. The number of rotatable bonds is 4. The first-order valence-electron chi connectivity index (χ1n) is 7.11. The fourth-order valence-electron chi connectivity index (χ4n) is 2.28. The number of aromatic nitrogens is 1. The molecule has 0 unspecified atom stereocenters. The van der Waals surface area contributed by atoms with E-state index < -0.39 is 0 Å². The van der Waals surface area contributed by atoms with Crippen molar-refractivity contribution in [2.24, 2.45) is 4.99 Å². The molecule has 2 aromatic carbocycles. The molecule has 0 N–H and O–H groups in total. The van der Waals surface area contributed by atoms with Gasteiger partial charge in [-0.3, -0.25) is 4.79 Å². The highest BCUT2D eigenvalue weighted by Crippen LogP contribution is 2.17. The van der Waals surface area contributed by atoms with Crippen LogP contribution in [0.1, 0.15) is 10.4 Å². The van der Waals surface area contributed by atoms with Crippen molar-refractivity contribution in [3.8, 4) is 0 Å². The van der Waals surface area contributed by atoms with Crippen LogP contribution in [0.3, 0.4) is 0 Å². The van der Waals surface area contributed by atoms with Gasteiger partial charge >= 0.3 is 0 Å². The molecule has 3 aromatic rings. The summed E-state index contributed by atoms with van der Waals surface area (Å²) in [6, 6.07) is 15.5. The summed E-state index contributed by atoms with van der Waals surface area (Å²) in [7, 11) is 1.67. The van der Waals surface area contributed by atoms with Gasteiger partial charge in [0.1, 0.15) is 0 Å². The molecule has 0 saturated carbocycles. The molecule has 0 aliphatic carbocycles. The van der Waals surface area contributed by atoms with Gasteiger partial charge in [0.05, 0.1) is 16.8 Å². The number of thiazole rings is 1. The van der Waals surface area contributed by atoms with Crippen molar-refractivity contribution < 1.29 is 9.53 Å². The average Bonchev–Trinajstić information content (AvgIpc) is 2.90. The summed E-state index contributed by atoms with van der Waals surface area (Å²) in [5, 5.41) is 0. The Morgan fingerprint density at radius 1 is 1.26 bits per heavy atom. The Kier molecular flexibility index (Phi) is 5.24. The molecule has 0 radical (unpaired) electrons. The summed E-state index contributed by atoms with van der Waals surface area (Å²) in [6.07, 6.45) is 0. The third-order valence-corrected chi connectivity index (χ3v) is 5.11. The standard InChI is InChI=1S/C17H15IN2O2S/c1-22-10-9-20-14-7-2-3-8-15(14)23-17(20)19-16(21)12-5-4-6-13(18)11-12/h2-8,11H,9-10H2,1H3. The number of fused-ring (bicyclic) bond motifs is 1. The van der Waals surface area contributed by atoms with E-state index in [4.69, 9.17) is 4.74 Å². The van der Waals surface area contributed by atoms with Gasteiger partial charge in [0.2, 0.25) is 0 Å². The Balaban J connectivity index is 2.08. The van der Waals surface area contributed by atoms with Crippen LogP contribution in [0.4, 0.5) is 0 Å². The van der Waals surface area contributed by atoms with Crippen LogP contribution in [-0.2, 0) is 11.3 Å². The lowest BCUT2D eigenvalue weighted by molar-refractivity contribution is 0.0997. The van der Waals surface area contributed by atoms with E-state index >= 15 is 0 Å². The molecule has 0 aliphatic heterocycles. The number of benzene rings is 2. The molecule has 0 bridgehead atoms. The van der Waals surface area contributed by atoms with E-state index in [1.165, 1.54) is 11.3 Å². The molecule has 1 aromatic heterocycles. The van der Waals surface area contributed by atoms with Gasteiger partial charge in [0.25, 0.3) is 5.91 Å². The Morgan fingerprint density at radius 2 is 2.09 bits per heavy atom. The monoisotopic (exact) mass is 438 g/mol. The summed E-state index contributed by atoms with van der Waals surface area (Å²) >= 11 is 3.71. The van der Waals surface area contributed by atoms with Crippen molar-refractivity contribution in [1.29, 1.82) is 0 Å². The largest absolute Gasteiger partial charge is 0.383 e. The molecular formula is C17H15IN2O2S. The predicted octanol–water partition coefficient (Wildman–Crippen LogP) is 3.69. The summed E-state index contributed by atoms with van der Waals surface area (Å²) < 4.78 is 9.35. The zero-order valence-corrected chi connectivity index (χ0v) is 15.5. The van der Waals surface area contributed by atoms with E-state index in [0.29, 0.717) is 23.5 Å². The lowest BCUT2D eigenvalue weighted by Gasteiger charge is -2.04. The minimum absolute atomic E-state index is 0.221. The number of hydrogen-bond acceptors (Lipinski definition) is 3. The molecule has 3 rings (SSSR count). The van der Waals surface area contributed by atoms with Crippen molar-refractivity contribution in [3.05, 3.63) is 62.5 Å². The quantitative estimate of drug-likeness (QED) is 0.584. The third kappa shape index (κ3) is 3.70. The topological polar surface area (TPSA) is 43.6 Å². The number of hydrogen-bond donors (Lipinski definition) is 0. The first kappa shape index (κ1) is 16.4. The highest BCUT2D eigenvalue weighted by atomic mass is 127. The van der Waals surface area contributed by atoms with Crippen LogP contribution < -0.4 is 4.80 Å². The number of halogens is 1. The maximum Gasteiger partial charge on any atom is 0.279 e. The number of methoxy groups -OCH3 is 1. The van der Waals surface area contributed by atoms with Gasteiger partial charge in [-0.05, 0) is 52.9 Å². The molecule has 0 atom stereocenters. The fourth-order valence-corrected chi connectivity index (χ4v) is 3.88. The molecule has 0 saturated heterocycles. The summed E-state index contributed by atoms with van der Waals surface area (Å²) in [5.41, 5.74) is 1.68. The SMILES string of the molecule is COCCn1c(=NC(=O)c2cccc(I)c2)sc2ccccc21. The maximum absolute atomic E-state index is 12.5. The normalized spacial score (nSPS) is 12.0. The fraction of sp³-hybridized carbons (Fsp3) is 0.176. The van der Waals surface area contributed by atoms with Gasteiger partial charge in [0, 0.05) is 22.8 Å². The zero-order chi connectivity index (χ0) is 16.2. The number of amides is 1. The second-order valence-electron chi connectivity index (χ2n) is 4.92. The second kappa shape index (κ2) is 7.37. The second-order valence-corrected chi connectivity index (χ2v) is 7.18. The molecule has 1 amide bonds. The third-order valence-electron chi connectivity index (χ3n) is 3.38. The van der Waals surface area contributed by atoms with Crippen molar-refractivity contribution in [3.63, 3.8) is 0 Å². The van der Waals surface area contributed by atoms with Crippen molar-refractivity contribution in [2.45, 2.75) is 6.54 Å². The summed E-state index contributed by atoms with van der Waals surface area (Å²) in [4.78, 5) is 17.5. The van der Waals surface area contributed by atoms with E-state index in [2.05, 4.69) is 27.6 Å². The molecular weight excluding hydrogens is 423 g/mol. The highest BCUT2D eigenvalue weighted by Gasteiger charge is 2.09. The van der Waals surface area contributed by atoms with Crippen LogP contribution in [0.15, 0.2) is 53.5 Å². The average molecular weight is 438 g/mol. The van der Waals surface area contributed by atoms with Gasteiger partial charge < -0.3 is 9.30 Å². The van der Waals surface area contributed by atoms with Gasteiger partial charge in [0.15, 0.2) is 4.80 Å². The predicted molar refractivity (Wildman–Crippen MR) is 101 cm³/mol. The number of para-hydroxylation sites is 1. The first-order valence-corrected chi connectivity index (χ1v) is 9.00. The van der Waals surface area contributed by atoms with E-state index in [0.717, 1.165) is 13.8 Å². The molecule has 0 fully saturated rings. The van der Waals surface area contributed by atoms with Crippen LogP contribution in [-0.4, -0.2) is 24.2 Å². The highest BCUT2D eigenvalue weighted by molar-refractivity contribution is 14.1.